The summed E-state index contributed by atoms with van der Waals surface area (Å²) in [5.74, 6) is 0.953. The van der Waals surface area contributed by atoms with E-state index in [0.717, 1.165) is 12.8 Å². The molecule has 1 aliphatic carbocycles. The van der Waals surface area contributed by atoms with Crippen molar-refractivity contribution in [2.75, 3.05) is 0 Å². The van der Waals surface area contributed by atoms with Crippen molar-refractivity contribution in [3.8, 4) is 0 Å². The predicted octanol–water partition coefficient (Wildman–Crippen LogP) is 2.94. The Morgan fingerprint density at radius 2 is 2.14 bits per heavy atom. The molecule has 0 heterocycles. The van der Waals surface area contributed by atoms with Gasteiger partial charge in [0.1, 0.15) is 5.78 Å². The number of carbonyl (C=O) groups excluding carboxylic acids is 1. The van der Waals surface area contributed by atoms with Crippen LogP contribution in [0, 0.1) is 5.92 Å². The van der Waals surface area contributed by atoms with Crippen molar-refractivity contribution in [2.24, 2.45) is 5.92 Å². The number of rotatable bonds is 2. The number of benzene rings is 1. The van der Waals surface area contributed by atoms with Gasteiger partial charge in [0.05, 0.1) is 0 Å². The van der Waals surface area contributed by atoms with Gasteiger partial charge >= 0.3 is 0 Å². The minimum atomic E-state index is 0.179. The van der Waals surface area contributed by atoms with Crippen molar-refractivity contribution in [2.45, 2.75) is 32.6 Å². The molecule has 1 aromatic carbocycles. The molecule has 1 nitrogen and oxygen atoms in total. The third-order valence-electron chi connectivity index (χ3n) is 3.42. The van der Waals surface area contributed by atoms with Gasteiger partial charge in [-0.15, -0.1) is 0 Å². The van der Waals surface area contributed by atoms with Gasteiger partial charge in [0.2, 0.25) is 0 Å². The summed E-state index contributed by atoms with van der Waals surface area (Å²) in [7, 11) is 0. The van der Waals surface area contributed by atoms with Crippen LogP contribution in [0.2, 0.25) is 0 Å². The third-order valence-corrected chi connectivity index (χ3v) is 3.42. The molecule has 2 rings (SSSR count). The second-order valence-electron chi connectivity index (χ2n) is 4.24. The summed E-state index contributed by atoms with van der Waals surface area (Å²) in [6.45, 7) is 3.75. The second kappa shape index (κ2) is 3.56. The second-order valence-corrected chi connectivity index (χ2v) is 4.24. The molecule has 0 N–H and O–H groups in total. The average Bonchev–Trinajstić information content (AvgIpc) is 2.60. The van der Waals surface area contributed by atoms with Gasteiger partial charge in [-0.3, -0.25) is 4.79 Å². The number of fused-ring (bicyclic) bond motifs is 1. The normalized spacial score (nSPS) is 21.7. The van der Waals surface area contributed by atoms with Crippen molar-refractivity contribution in [1.29, 1.82) is 0 Å². The molecule has 0 amide bonds. The van der Waals surface area contributed by atoms with Crippen LogP contribution in [-0.4, -0.2) is 5.78 Å². The zero-order valence-electron chi connectivity index (χ0n) is 8.79. The Hall–Kier alpha value is -1.11. The molecule has 1 aliphatic rings. The van der Waals surface area contributed by atoms with Gasteiger partial charge < -0.3 is 0 Å². The van der Waals surface area contributed by atoms with Gasteiger partial charge in [0, 0.05) is 5.92 Å². The summed E-state index contributed by atoms with van der Waals surface area (Å²) in [5, 5.41) is 0. The van der Waals surface area contributed by atoms with Crippen molar-refractivity contribution < 1.29 is 4.79 Å². The summed E-state index contributed by atoms with van der Waals surface area (Å²) < 4.78 is 0. The summed E-state index contributed by atoms with van der Waals surface area (Å²) in [4.78, 5) is 11.3. The van der Waals surface area contributed by atoms with E-state index in [1.54, 1.807) is 6.92 Å². The van der Waals surface area contributed by atoms with Crippen LogP contribution < -0.4 is 0 Å². The Morgan fingerprint density at radius 1 is 1.43 bits per heavy atom. The molecule has 1 heteroatoms. The van der Waals surface area contributed by atoms with E-state index in [1.807, 2.05) is 0 Å². The summed E-state index contributed by atoms with van der Waals surface area (Å²) in [5.41, 5.74) is 2.83. The number of carbonyl (C=O) groups is 1. The Labute approximate surface area is 85.1 Å². The highest BCUT2D eigenvalue weighted by atomic mass is 16.1. The molecule has 1 aromatic rings. The molecule has 2 atom stereocenters. The van der Waals surface area contributed by atoms with Crippen molar-refractivity contribution >= 4 is 5.78 Å². The Morgan fingerprint density at radius 3 is 2.86 bits per heavy atom. The highest BCUT2D eigenvalue weighted by Crippen LogP contribution is 2.38. The van der Waals surface area contributed by atoms with Crippen LogP contribution in [0.3, 0.4) is 0 Å². The average molecular weight is 188 g/mol. The number of aryl methyl sites for hydroxylation is 1. The zero-order chi connectivity index (χ0) is 10.1. The zero-order valence-corrected chi connectivity index (χ0v) is 8.79. The van der Waals surface area contributed by atoms with Gasteiger partial charge in [-0.2, -0.15) is 0 Å². The van der Waals surface area contributed by atoms with Gasteiger partial charge in [-0.25, -0.2) is 0 Å². The number of Topliss-reactive ketones (excluding diaryl/α,β-unsaturated/α-hetero) is 1. The fourth-order valence-corrected chi connectivity index (χ4v) is 2.39. The summed E-state index contributed by atoms with van der Waals surface area (Å²) in [6.07, 6.45) is 2.28. The minimum Gasteiger partial charge on any atom is -0.300 e. The summed E-state index contributed by atoms with van der Waals surface area (Å²) >= 11 is 0. The van der Waals surface area contributed by atoms with Gasteiger partial charge in [-0.05, 0) is 36.8 Å². The highest BCUT2D eigenvalue weighted by Gasteiger charge is 2.28. The lowest BCUT2D eigenvalue weighted by Gasteiger charge is -2.17. The first kappa shape index (κ1) is 9.45. The SMILES string of the molecule is CC(=O)[C@@H](C)[C@H]1CCc2ccccc21. The van der Waals surface area contributed by atoms with E-state index in [1.165, 1.54) is 11.1 Å². The third kappa shape index (κ3) is 1.47. The van der Waals surface area contributed by atoms with Crippen LogP contribution in [0.25, 0.3) is 0 Å². The first-order valence-corrected chi connectivity index (χ1v) is 5.28. The molecule has 0 saturated carbocycles. The van der Waals surface area contributed by atoms with Crippen molar-refractivity contribution in [3.05, 3.63) is 35.4 Å². The van der Waals surface area contributed by atoms with E-state index in [2.05, 4.69) is 31.2 Å². The first-order valence-electron chi connectivity index (χ1n) is 5.28. The van der Waals surface area contributed by atoms with Crippen LogP contribution in [-0.2, 0) is 11.2 Å². The lowest BCUT2D eigenvalue weighted by Crippen LogP contribution is -2.14. The van der Waals surface area contributed by atoms with Crippen molar-refractivity contribution in [1.82, 2.24) is 0 Å². The van der Waals surface area contributed by atoms with Gasteiger partial charge in [-0.1, -0.05) is 31.2 Å². The molecular formula is C13H16O. The molecule has 0 unspecified atom stereocenters. The molecule has 0 aromatic heterocycles. The molecule has 0 spiro atoms. The monoisotopic (exact) mass is 188 g/mol. The lowest BCUT2D eigenvalue weighted by atomic mass is 9.86. The number of hydrogen-bond acceptors (Lipinski definition) is 1. The highest BCUT2D eigenvalue weighted by molar-refractivity contribution is 5.79. The Kier molecular flexibility index (Phi) is 2.40. The maximum absolute atomic E-state index is 11.3. The Bertz CT molecular complexity index is 354. The molecule has 0 saturated heterocycles. The van der Waals surface area contributed by atoms with Crippen molar-refractivity contribution in [3.63, 3.8) is 0 Å². The van der Waals surface area contributed by atoms with E-state index >= 15 is 0 Å². The van der Waals surface area contributed by atoms with Crippen LogP contribution in [0.4, 0.5) is 0 Å². The van der Waals surface area contributed by atoms with E-state index in [9.17, 15) is 4.79 Å². The Balaban J connectivity index is 2.30. The fourth-order valence-electron chi connectivity index (χ4n) is 2.39. The quantitative estimate of drug-likeness (QED) is 0.697. The minimum absolute atomic E-state index is 0.179. The topological polar surface area (TPSA) is 17.1 Å². The standard InChI is InChI=1S/C13H16O/c1-9(10(2)14)12-8-7-11-5-3-4-6-13(11)12/h3-6,9,12H,7-8H2,1-2H3/t9-,12-/m1/s1. The molecule has 0 radical (unpaired) electrons. The van der Waals surface area contributed by atoms with E-state index in [0.29, 0.717) is 11.7 Å². The van der Waals surface area contributed by atoms with Gasteiger partial charge in [0.15, 0.2) is 0 Å². The van der Waals surface area contributed by atoms with Crippen LogP contribution in [0.15, 0.2) is 24.3 Å². The van der Waals surface area contributed by atoms with Gasteiger partial charge in [0.25, 0.3) is 0 Å². The van der Waals surface area contributed by atoms with Crippen LogP contribution in [0.5, 0.6) is 0 Å². The largest absolute Gasteiger partial charge is 0.300 e. The smallest absolute Gasteiger partial charge is 0.133 e. The molecule has 14 heavy (non-hydrogen) atoms. The van der Waals surface area contributed by atoms with E-state index < -0.39 is 0 Å². The molecule has 0 aliphatic heterocycles. The van der Waals surface area contributed by atoms with Crippen LogP contribution >= 0.6 is 0 Å². The van der Waals surface area contributed by atoms with E-state index in [-0.39, 0.29) is 5.92 Å². The first-order chi connectivity index (χ1) is 6.70. The van der Waals surface area contributed by atoms with E-state index in [4.69, 9.17) is 0 Å². The maximum atomic E-state index is 11.3. The molecule has 0 bridgehead atoms. The predicted molar refractivity (Wildman–Crippen MR) is 57.3 cm³/mol. The lowest BCUT2D eigenvalue weighted by molar-refractivity contribution is -0.120. The summed E-state index contributed by atoms with van der Waals surface area (Å²) in [6, 6.07) is 8.51. The van der Waals surface area contributed by atoms with Crippen LogP contribution in [0.1, 0.15) is 37.3 Å². The maximum Gasteiger partial charge on any atom is 0.133 e. The molecule has 0 fully saturated rings. The fraction of sp³-hybridized carbons (Fsp3) is 0.462. The molecular weight excluding hydrogens is 172 g/mol. The molecule has 74 valence electrons. The number of hydrogen-bond donors (Lipinski definition) is 0. The number of ketones is 1.